The van der Waals surface area contributed by atoms with Crippen LogP contribution in [0.1, 0.15) is 30.7 Å². The summed E-state index contributed by atoms with van der Waals surface area (Å²) in [6, 6.07) is 1.41. The lowest BCUT2D eigenvalue weighted by atomic mass is 10.0. The Labute approximate surface area is 124 Å². The summed E-state index contributed by atoms with van der Waals surface area (Å²) in [5, 5.41) is 3.11. The Hall–Kier alpha value is -1.69. The molecule has 1 atom stereocenters. The van der Waals surface area contributed by atoms with Gasteiger partial charge in [0.05, 0.1) is 12.7 Å². The predicted octanol–water partition coefficient (Wildman–Crippen LogP) is 1.94. The molecule has 1 heterocycles. The fourth-order valence-electron chi connectivity index (χ4n) is 2.02. The summed E-state index contributed by atoms with van der Waals surface area (Å²) < 4.78 is 4.81. The summed E-state index contributed by atoms with van der Waals surface area (Å²) in [5.41, 5.74) is 8.19. The number of anilines is 1. The van der Waals surface area contributed by atoms with Crippen molar-refractivity contribution in [2.24, 2.45) is 11.7 Å². The van der Waals surface area contributed by atoms with Gasteiger partial charge in [-0.25, -0.2) is 9.78 Å². The zero-order valence-electron chi connectivity index (χ0n) is 12.5. The average Bonchev–Trinajstić information content (AvgIpc) is 2.33. The van der Waals surface area contributed by atoms with Crippen LogP contribution in [-0.4, -0.2) is 29.1 Å². The highest BCUT2D eigenvalue weighted by atomic mass is 32.1. The second kappa shape index (κ2) is 6.65. The third-order valence-electron chi connectivity index (χ3n) is 3.01. The van der Waals surface area contributed by atoms with Crippen molar-refractivity contribution in [2.75, 3.05) is 12.4 Å². The van der Waals surface area contributed by atoms with Crippen LogP contribution in [0.2, 0.25) is 0 Å². The van der Waals surface area contributed by atoms with Crippen molar-refractivity contribution >= 4 is 29.0 Å². The molecule has 0 radical (unpaired) electrons. The highest BCUT2D eigenvalue weighted by Gasteiger charge is 2.25. The molecule has 0 amide bonds. The zero-order chi connectivity index (χ0) is 15.4. The molecular weight excluding hydrogens is 274 g/mol. The van der Waals surface area contributed by atoms with Crippen molar-refractivity contribution in [3.8, 4) is 0 Å². The van der Waals surface area contributed by atoms with Crippen LogP contribution in [0.5, 0.6) is 0 Å². The van der Waals surface area contributed by atoms with Crippen LogP contribution in [0.25, 0.3) is 0 Å². The van der Waals surface area contributed by atoms with Crippen molar-refractivity contribution in [3.05, 3.63) is 22.9 Å². The second-order valence-corrected chi connectivity index (χ2v) is 5.50. The van der Waals surface area contributed by atoms with Crippen LogP contribution in [0.15, 0.2) is 6.07 Å². The molecule has 5 nitrogen and oxygen atoms in total. The van der Waals surface area contributed by atoms with Gasteiger partial charge < -0.3 is 15.8 Å². The number of thiocarbonyl (C=S) groups is 1. The van der Waals surface area contributed by atoms with Crippen LogP contribution in [0, 0.1) is 19.8 Å². The van der Waals surface area contributed by atoms with E-state index in [-0.39, 0.29) is 16.9 Å². The molecule has 0 saturated carbocycles. The van der Waals surface area contributed by atoms with Gasteiger partial charge in [0.25, 0.3) is 0 Å². The van der Waals surface area contributed by atoms with Crippen molar-refractivity contribution in [1.82, 2.24) is 4.98 Å². The van der Waals surface area contributed by atoms with E-state index in [4.69, 9.17) is 22.7 Å². The summed E-state index contributed by atoms with van der Waals surface area (Å²) in [6.45, 7) is 7.65. The van der Waals surface area contributed by atoms with E-state index >= 15 is 0 Å². The lowest BCUT2D eigenvalue weighted by Crippen LogP contribution is -2.36. The molecule has 1 aromatic heterocycles. The van der Waals surface area contributed by atoms with Gasteiger partial charge in [-0.05, 0) is 31.4 Å². The summed E-state index contributed by atoms with van der Waals surface area (Å²) in [5.74, 6) is 0.234. The SMILES string of the molecule is COC(=O)C(Nc1nc(C)cc(C)c1C(N)=S)C(C)C. The number of aromatic nitrogens is 1. The fourth-order valence-corrected chi connectivity index (χ4v) is 2.28. The first-order valence-corrected chi connectivity index (χ1v) is 6.81. The Bertz CT molecular complexity index is 529. The first kappa shape index (κ1) is 16.4. The number of pyridine rings is 1. The summed E-state index contributed by atoms with van der Waals surface area (Å²) in [6.07, 6.45) is 0. The molecule has 3 N–H and O–H groups in total. The summed E-state index contributed by atoms with van der Waals surface area (Å²) in [4.78, 5) is 16.5. The molecule has 1 aromatic rings. The largest absolute Gasteiger partial charge is 0.467 e. The van der Waals surface area contributed by atoms with Crippen LogP contribution in [0.3, 0.4) is 0 Å². The van der Waals surface area contributed by atoms with Crippen LogP contribution >= 0.6 is 12.2 Å². The monoisotopic (exact) mass is 295 g/mol. The van der Waals surface area contributed by atoms with Gasteiger partial charge >= 0.3 is 5.97 Å². The predicted molar refractivity (Wildman–Crippen MR) is 83.9 cm³/mol. The van der Waals surface area contributed by atoms with Gasteiger partial charge in [0.15, 0.2) is 0 Å². The number of rotatable bonds is 5. The fraction of sp³-hybridized carbons (Fsp3) is 0.500. The maximum atomic E-state index is 11.8. The van der Waals surface area contributed by atoms with Crippen LogP contribution in [0.4, 0.5) is 5.82 Å². The molecule has 0 aliphatic carbocycles. The van der Waals surface area contributed by atoms with Crippen LogP contribution in [-0.2, 0) is 9.53 Å². The number of carbonyl (C=O) groups excluding carboxylic acids is 1. The lowest BCUT2D eigenvalue weighted by Gasteiger charge is -2.22. The maximum Gasteiger partial charge on any atom is 0.328 e. The Balaban J connectivity index is 3.24. The van der Waals surface area contributed by atoms with E-state index < -0.39 is 6.04 Å². The molecule has 1 unspecified atom stereocenters. The number of ether oxygens (including phenoxy) is 1. The Kier molecular flexibility index (Phi) is 5.44. The Morgan fingerprint density at radius 2 is 2.05 bits per heavy atom. The minimum atomic E-state index is -0.498. The number of hydrogen-bond donors (Lipinski definition) is 2. The number of nitrogens with zero attached hydrogens (tertiary/aromatic N) is 1. The molecule has 0 aromatic carbocycles. The lowest BCUT2D eigenvalue weighted by molar-refractivity contribution is -0.142. The third-order valence-corrected chi connectivity index (χ3v) is 3.21. The van der Waals surface area contributed by atoms with Gasteiger partial charge in [0.2, 0.25) is 0 Å². The maximum absolute atomic E-state index is 11.8. The van der Waals surface area contributed by atoms with E-state index in [2.05, 4.69) is 10.3 Å². The van der Waals surface area contributed by atoms with Crippen molar-refractivity contribution in [3.63, 3.8) is 0 Å². The molecular formula is C14H21N3O2S. The smallest absolute Gasteiger partial charge is 0.328 e. The van der Waals surface area contributed by atoms with Crippen LogP contribution < -0.4 is 11.1 Å². The van der Waals surface area contributed by atoms with Gasteiger partial charge in [-0.15, -0.1) is 0 Å². The number of methoxy groups -OCH3 is 1. The molecule has 0 fully saturated rings. The molecule has 0 saturated heterocycles. The molecule has 0 spiro atoms. The standard InChI is InChI=1S/C14H21N3O2S/c1-7(2)11(14(18)19-5)17-13-10(12(15)20)8(3)6-9(4)16-13/h6-7,11H,1-5H3,(H2,15,20)(H,16,17). The Morgan fingerprint density at radius 3 is 2.50 bits per heavy atom. The van der Waals surface area contributed by atoms with E-state index in [0.29, 0.717) is 11.4 Å². The average molecular weight is 295 g/mol. The number of nitrogens with one attached hydrogen (secondary N) is 1. The summed E-state index contributed by atoms with van der Waals surface area (Å²) in [7, 11) is 1.36. The minimum Gasteiger partial charge on any atom is -0.467 e. The topological polar surface area (TPSA) is 77.2 Å². The number of aryl methyl sites for hydroxylation is 2. The first-order valence-electron chi connectivity index (χ1n) is 6.40. The quantitative estimate of drug-likeness (QED) is 0.638. The number of carbonyl (C=O) groups is 1. The molecule has 110 valence electrons. The molecule has 1 rings (SSSR count). The van der Waals surface area contributed by atoms with E-state index in [1.54, 1.807) is 0 Å². The van der Waals surface area contributed by atoms with E-state index in [9.17, 15) is 4.79 Å². The van der Waals surface area contributed by atoms with Crippen molar-refractivity contribution in [1.29, 1.82) is 0 Å². The van der Waals surface area contributed by atoms with E-state index in [1.807, 2.05) is 33.8 Å². The minimum absolute atomic E-state index is 0.0456. The van der Waals surface area contributed by atoms with E-state index in [1.165, 1.54) is 7.11 Å². The highest BCUT2D eigenvalue weighted by Crippen LogP contribution is 2.21. The molecule has 0 bridgehead atoms. The summed E-state index contributed by atoms with van der Waals surface area (Å²) >= 11 is 5.07. The van der Waals surface area contributed by atoms with Crippen molar-refractivity contribution in [2.45, 2.75) is 33.7 Å². The second-order valence-electron chi connectivity index (χ2n) is 5.06. The zero-order valence-corrected chi connectivity index (χ0v) is 13.3. The van der Waals surface area contributed by atoms with Gasteiger partial charge in [0, 0.05) is 5.69 Å². The van der Waals surface area contributed by atoms with Gasteiger partial charge in [-0.1, -0.05) is 26.1 Å². The van der Waals surface area contributed by atoms with Gasteiger partial charge in [-0.3, -0.25) is 0 Å². The van der Waals surface area contributed by atoms with Gasteiger partial charge in [-0.2, -0.15) is 0 Å². The Morgan fingerprint density at radius 1 is 1.45 bits per heavy atom. The molecule has 20 heavy (non-hydrogen) atoms. The van der Waals surface area contributed by atoms with Crippen molar-refractivity contribution < 1.29 is 9.53 Å². The molecule has 6 heteroatoms. The number of hydrogen-bond acceptors (Lipinski definition) is 5. The number of esters is 1. The normalized spacial score (nSPS) is 12.1. The van der Waals surface area contributed by atoms with Gasteiger partial charge in [0.1, 0.15) is 16.8 Å². The van der Waals surface area contributed by atoms with E-state index in [0.717, 1.165) is 11.3 Å². The third kappa shape index (κ3) is 3.66. The highest BCUT2D eigenvalue weighted by molar-refractivity contribution is 7.80. The molecule has 0 aliphatic rings. The molecule has 0 aliphatic heterocycles. The number of nitrogens with two attached hydrogens (primary N) is 1. The first-order chi connectivity index (χ1) is 9.27.